The van der Waals surface area contributed by atoms with Crippen LogP contribution in [0.1, 0.15) is 10.4 Å². The highest BCUT2D eigenvalue weighted by Crippen LogP contribution is 2.25. The van der Waals surface area contributed by atoms with E-state index >= 15 is 0 Å². The normalized spacial score (nSPS) is 10.6. The Balaban J connectivity index is 3.13. The molecule has 0 radical (unpaired) electrons. The van der Waals surface area contributed by atoms with Crippen molar-refractivity contribution in [2.75, 3.05) is 13.4 Å². The Labute approximate surface area is 108 Å². The lowest BCUT2D eigenvalue weighted by Gasteiger charge is -2.06. The molecule has 0 atom stereocenters. The Kier molecular flexibility index (Phi) is 5.02. The summed E-state index contributed by atoms with van der Waals surface area (Å²) in [4.78, 5) is 15.0. The van der Waals surface area contributed by atoms with E-state index in [0.29, 0.717) is 10.9 Å². The number of thioether (sulfide) groups is 1. The zero-order valence-corrected chi connectivity index (χ0v) is 10.6. The molecule has 0 saturated heterocycles. The molecule has 18 heavy (non-hydrogen) atoms. The Morgan fingerprint density at radius 2 is 2.33 bits per heavy atom. The molecule has 7 heteroatoms. The second kappa shape index (κ2) is 6.51. The van der Waals surface area contributed by atoms with Gasteiger partial charge in [0.1, 0.15) is 11.3 Å². The van der Waals surface area contributed by atoms with Crippen molar-refractivity contribution in [3.8, 4) is 11.9 Å². The fourth-order valence-electron chi connectivity index (χ4n) is 1.22. The number of methoxy groups -OCH3 is 1. The maximum Gasteiger partial charge on any atom is 0.339 e. The number of nitrogens with zero attached hydrogens (tertiary/aromatic N) is 2. The van der Waals surface area contributed by atoms with Gasteiger partial charge in [0.15, 0.2) is 11.4 Å². The number of carboxylic acid groups (broad SMARTS) is 1. The summed E-state index contributed by atoms with van der Waals surface area (Å²) in [5, 5.41) is 20.3. The first kappa shape index (κ1) is 13.9. The van der Waals surface area contributed by atoms with E-state index < -0.39 is 5.97 Å². The summed E-state index contributed by atoms with van der Waals surface area (Å²) in [5.41, 5.74) is 0.569. The van der Waals surface area contributed by atoms with Crippen molar-refractivity contribution in [3.05, 3.63) is 23.8 Å². The molecule has 0 aliphatic carbocycles. The summed E-state index contributed by atoms with van der Waals surface area (Å²) < 4.78 is 4.98. The average Bonchev–Trinajstić information content (AvgIpc) is 2.37. The van der Waals surface area contributed by atoms with Gasteiger partial charge in [0.25, 0.3) is 0 Å². The highest BCUT2D eigenvalue weighted by atomic mass is 32.2. The van der Waals surface area contributed by atoms with Crippen LogP contribution in [0.2, 0.25) is 0 Å². The molecule has 0 spiro atoms. The van der Waals surface area contributed by atoms with Crippen molar-refractivity contribution in [2.24, 2.45) is 4.99 Å². The molecule has 6 nitrogen and oxygen atoms in total. The van der Waals surface area contributed by atoms with Crippen molar-refractivity contribution in [1.29, 1.82) is 5.26 Å². The van der Waals surface area contributed by atoms with Crippen LogP contribution in [0.15, 0.2) is 23.2 Å². The van der Waals surface area contributed by atoms with Crippen LogP contribution in [0, 0.1) is 11.5 Å². The summed E-state index contributed by atoms with van der Waals surface area (Å²) in [6.07, 6.45) is 3.54. The Bertz CT molecular complexity index is 523. The number of amidine groups is 1. The van der Waals surface area contributed by atoms with Crippen LogP contribution in [0.25, 0.3) is 0 Å². The van der Waals surface area contributed by atoms with Crippen molar-refractivity contribution in [2.45, 2.75) is 0 Å². The molecule has 0 aliphatic rings. The fourth-order valence-corrected chi connectivity index (χ4v) is 1.56. The summed E-state index contributed by atoms with van der Waals surface area (Å²) >= 11 is 1.27. The van der Waals surface area contributed by atoms with Gasteiger partial charge in [-0.05, 0) is 18.4 Å². The lowest BCUT2D eigenvalue weighted by atomic mass is 10.2. The smallest absolute Gasteiger partial charge is 0.339 e. The number of benzene rings is 1. The number of hydrogen-bond donors (Lipinski definition) is 2. The minimum Gasteiger partial charge on any atom is -0.496 e. The van der Waals surface area contributed by atoms with E-state index in [1.807, 2.05) is 0 Å². The third kappa shape index (κ3) is 3.40. The van der Waals surface area contributed by atoms with E-state index in [2.05, 4.69) is 10.3 Å². The van der Waals surface area contributed by atoms with Crippen molar-refractivity contribution >= 4 is 28.6 Å². The Morgan fingerprint density at radius 3 is 2.83 bits per heavy atom. The van der Waals surface area contributed by atoms with Gasteiger partial charge in [0.2, 0.25) is 0 Å². The number of rotatable bonds is 3. The number of ether oxygens (including phenoxy) is 1. The molecule has 0 aliphatic heterocycles. The standard InChI is InChI=1S/C11H11N3O3S/c1-17-9-5-7(3-4-8(9)10(15)16)14-11(18-2)13-6-12/h3-5H,1-2H3,(H,13,14)(H,15,16). The third-order valence-electron chi connectivity index (χ3n) is 2.00. The second-order valence-corrected chi connectivity index (χ2v) is 3.84. The predicted octanol–water partition coefficient (Wildman–Crippen LogP) is 1.81. The molecule has 0 unspecified atom stereocenters. The highest BCUT2D eigenvalue weighted by molar-refractivity contribution is 8.13. The molecule has 0 heterocycles. The molecule has 0 fully saturated rings. The van der Waals surface area contributed by atoms with Crippen LogP contribution in [0.3, 0.4) is 0 Å². The Hall–Kier alpha value is -2.20. The van der Waals surface area contributed by atoms with Gasteiger partial charge in [-0.3, -0.25) is 5.32 Å². The monoisotopic (exact) mass is 265 g/mol. The number of aliphatic imine (C=N–C) groups is 1. The fraction of sp³-hybridized carbons (Fsp3) is 0.182. The van der Waals surface area contributed by atoms with Gasteiger partial charge in [-0.15, -0.1) is 0 Å². The molecule has 1 aromatic carbocycles. The molecule has 94 valence electrons. The van der Waals surface area contributed by atoms with Crippen LogP contribution in [0.5, 0.6) is 5.75 Å². The molecule has 0 bridgehead atoms. The van der Waals surface area contributed by atoms with E-state index in [0.717, 1.165) is 0 Å². The van der Waals surface area contributed by atoms with Crippen molar-refractivity contribution in [3.63, 3.8) is 0 Å². The molecular weight excluding hydrogens is 254 g/mol. The minimum absolute atomic E-state index is 0.0652. The lowest BCUT2D eigenvalue weighted by Crippen LogP contribution is -2.12. The number of carboxylic acids is 1. The molecule has 0 amide bonds. The quantitative estimate of drug-likeness (QED) is 0.374. The van der Waals surface area contributed by atoms with Gasteiger partial charge in [0, 0.05) is 6.07 Å². The SMILES string of the molecule is COc1cc(N=C(NC#N)SC)ccc1C(=O)O. The van der Waals surface area contributed by atoms with Gasteiger partial charge in [-0.1, -0.05) is 11.8 Å². The van der Waals surface area contributed by atoms with E-state index in [-0.39, 0.29) is 11.3 Å². The summed E-state index contributed by atoms with van der Waals surface area (Å²) in [5.74, 6) is -0.844. The van der Waals surface area contributed by atoms with Crippen molar-refractivity contribution in [1.82, 2.24) is 5.32 Å². The van der Waals surface area contributed by atoms with E-state index in [4.69, 9.17) is 15.1 Å². The summed E-state index contributed by atoms with van der Waals surface area (Å²) in [7, 11) is 1.39. The molecule has 1 aromatic rings. The van der Waals surface area contributed by atoms with Gasteiger partial charge in [-0.25, -0.2) is 9.79 Å². The van der Waals surface area contributed by atoms with Crippen molar-refractivity contribution < 1.29 is 14.6 Å². The number of hydrogen-bond acceptors (Lipinski definition) is 5. The average molecular weight is 265 g/mol. The minimum atomic E-state index is -1.07. The summed E-state index contributed by atoms with van der Waals surface area (Å²) in [6, 6.07) is 4.45. The molecule has 2 N–H and O–H groups in total. The number of nitrogens with one attached hydrogen (secondary N) is 1. The van der Waals surface area contributed by atoms with Crippen LogP contribution < -0.4 is 10.1 Å². The topological polar surface area (TPSA) is 94.7 Å². The summed E-state index contributed by atoms with van der Waals surface area (Å²) in [6.45, 7) is 0. The molecule has 0 saturated carbocycles. The predicted molar refractivity (Wildman–Crippen MR) is 69.3 cm³/mol. The molecular formula is C11H11N3O3S. The first-order valence-electron chi connectivity index (χ1n) is 4.81. The molecule has 1 rings (SSSR count). The largest absolute Gasteiger partial charge is 0.496 e. The van der Waals surface area contributed by atoms with Crippen LogP contribution in [-0.4, -0.2) is 29.6 Å². The van der Waals surface area contributed by atoms with E-state index in [1.165, 1.54) is 31.0 Å². The lowest BCUT2D eigenvalue weighted by molar-refractivity contribution is 0.0693. The maximum atomic E-state index is 10.9. The van der Waals surface area contributed by atoms with Gasteiger partial charge >= 0.3 is 5.97 Å². The zero-order chi connectivity index (χ0) is 13.5. The van der Waals surface area contributed by atoms with Gasteiger partial charge in [0.05, 0.1) is 12.8 Å². The first-order chi connectivity index (χ1) is 8.62. The van der Waals surface area contributed by atoms with E-state index in [9.17, 15) is 4.79 Å². The first-order valence-corrected chi connectivity index (χ1v) is 6.04. The van der Waals surface area contributed by atoms with Crippen LogP contribution in [-0.2, 0) is 0 Å². The van der Waals surface area contributed by atoms with E-state index in [1.54, 1.807) is 18.5 Å². The number of carbonyl (C=O) groups is 1. The van der Waals surface area contributed by atoms with Crippen LogP contribution >= 0.6 is 11.8 Å². The van der Waals surface area contributed by atoms with Gasteiger partial charge < -0.3 is 9.84 Å². The third-order valence-corrected chi connectivity index (χ3v) is 2.58. The Morgan fingerprint density at radius 1 is 1.61 bits per heavy atom. The molecule has 0 aromatic heterocycles. The van der Waals surface area contributed by atoms with Gasteiger partial charge in [-0.2, -0.15) is 5.26 Å². The maximum absolute atomic E-state index is 10.9. The van der Waals surface area contributed by atoms with Crippen LogP contribution in [0.4, 0.5) is 5.69 Å². The zero-order valence-electron chi connectivity index (χ0n) is 9.80. The number of aromatic carboxylic acids is 1. The second-order valence-electron chi connectivity index (χ2n) is 3.05. The highest BCUT2D eigenvalue weighted by Gasteiger charge is 2.11. The number of nitriles is 1.